The second-order valence-corrected chi connectivity index (χ2v) is 6.15. The van der Waals surface area contributed by atoms with Gasteiger partial charge in [-0.15, -0.1) is 0 Å². The van der Waals surface area contributed by atoms with Gasteiger partial charge >= 0.3 is 6.03 Å². The number of carbonyl (C=O) groups excluding carboxylic acids is 2. The number of aromatic nitrogens is 2. The Morgan fingerprint density at radius 3 is 2.78 bits per heavy atom. The van der Waals surface area contributed by atoms with Gasteiger partial charge in [0.1, 0.15) is 11.8 Å². The molecule has 1 aliphatic rings. The van der Waals surface area contributed by atoms with Crippen LogP contribution in [0, 0.1) is 0 Å². The van der Waals surface area contributed by atoms with E-state index < -0.39 is 18.0 Å². The molecule has 0 saturated carbocycles. The molecule has 2 aromatic rings. The number of methoxy groups -OCH3 is 1. The largest absolute Gasteiger partial charge is 0.495 e. The molecule has 1 aromatic carbocycles. The lowest BCUT2D eigenvalue weighted by molar-refractivity contribution is -0.118. The number of benzene rings is 1. The maximum absolute atomic E-state index is 12.4. The number of hydrogen-bond donors (Lipinski definition) is 3. The molecule has 0 spiro atoms. The molecule has 1 saturated heterocycles. The van der Waals surface area contributed by atoms with E-state index >= 15 is 0 Å². The number of ether oxygens (including phenoxy) is 1. The standard InChI is InChI=1S/C17H22N6O4/c1-26-13-7-3-2-6-11(13)19-17(25)20-12(10-14(18)24)15-21-16(22-27-15)23-8-4-5-9-23/h2-3,6-7,12H,4-5,8-10H2,1H3,(H2,18,24)(H2,19,20,25)/t12-/m0/s1. The van der Waals surface area contributed by atoms with Crippen molar-refractivity contribution in [1.82, 2.24) is 15.5 Å². The second kappa shape index (κ2) is 8.39. The molecule has 3 rings (SSSR count). The molecular weight excluding hydrogens is 352 g/mol. The number of nitrogens with zero attached hydrogens (tertiary/aromatic N) is 3. The Morgan fingerprint density at radius 1 is 1.33 bits per heavy atom. The first kappa shape index (κ1) is 18.5. The lowest BCUT2D eigenvalue weighted by atomic mass is 10.2. The summed E-state index contributed by atoms with van der Waals surface area (Å²) in [5, 5.41) is 9.26. The number of nitrogens with two attached hydrogens (primary N) is 1. The first-order valence-corrected chi connectivity index (χ1v) is 8.64. The quantitative estimate of drug-likeness (QED) is 0.667. The van der Waals surface area contributed by atoms with E-state index in [9.17, 15) is 9.59 Å². The maximum Gasteiger partial charge on any atom is 0.320 e. The average Bonchev–Trinajstić information content (AvgIpc) is 3.32. The van der Waals surface area contributed by atoms with Crippen LogP contribution in [0.4, 0.5) is 16.4 Å². The number of urea groups is 1. The van der Waals surface area contributed by atoms with E-state index in [-0.39, 0.29) is 12.3 Å². The summed E-state index contributed by atoms with van der Waals surface area (Å²) in [4.78, 5) is 30.1. The van der Waals surface area contributed by atoms with Gasteiger partial charge in [-0.05, 0) is 30.1 Å². The number of carbonyl (C=O) groups is 2. The van der Waals surface area contributed by atoms with E-state index in [0.717, 1.165) is 25.9 Å². The molecule has 0 aliphatic carbocycles. The minimum atomic E-state index is -0.832. The normalized spacial score (nSPS) is 14.6. The van der Waals surface area contributed by atoms with E-state index in [1.54, 1.807) is 24.3 Å². The summed E-state index contributed by atoms with van der Waals surface area (Å²) >= 11 is 0. The molecule has 0 radical (unpaired) electrons. The van der Waals surface area contributed by atoms with Crippen molar-refractivity contribution < 1.29 is 18.8 Å². The maximum atomic E-state index is 12.4. The summed E-state index contributed by atoms with van der Waals surface area (Å²) < 4.78 is 10.5. The Balaban J connectivity index is 1.71. The van der Waals surface area contributed by atoms with Gasteiger partial charge in [-0.3, -0.25) is 4.79 Å². The van der Waals surface area contributed by atoms with Gasteiger partial charge in [0.2, 0.25) is 5.91 Å². The highest BCUT2D eigenvalue weighted by Crippen LogP contribution is 2.24. The van der Waals surface area contributed by atoms with Crippen LogP contribution in [-0.2, 0) is 4.79 Å². The van der Waals surface area contributed by atoms with Crippen LogP contribution in [0.5, 0.6) is 5.75 Å². The van der Waals surface area contributed by atoms with Gasteiger partial charge in [0, 0.05) is 13.1 Å². The van der Waals surface area contributed by atoms with Gasteiger partial charge in [-0.25, -0.2) is 4.79 Å². The molecule has 2 heterocycles. The molecule has 0 bridgehead atoms. The molecule has 1 aliphatic heterocycles. The molecule has 144 valence electrons. The van der Waals surface area contributed by atoms with Crippen molar-refractivity contribution >= 4 is 23.6 Å². The van der Waals surface area contributed by atoms with Gasteiger partial charge in [0.15, 0.2) is 0 Å². The van der Waals surface area contributed by atoms with Crippen molar-refractivity contribution in [1.29, 1.82) is 0 Å². The van der Waals surface area contributed by atoms with E-state index in [0.29, 0.717) is 17.4 Å². The SMILES string of the molecule is COc1ccccc1NC(=O)N[C@@H](CC(N)=O)c1nc(N2CCCC2)no1. The molecular formula is C17H22N6O4. The van der Waals surface area contributed by atoms with Crippen LogP contribution in [0.2, 0.25) is 0 Å². The van der Waals surface area contributed by atoms with Crippen molar-refractivity contribution in [3.8, 4) is 5.75 Å². The van der Waals surface area contributed by atoms with Crippen molar-refractivity contribution in [2.24, 2.45) is 5.73 Å². The third-order valence-electron chi connectivity index (χ3n) is 4.18. The fraction of sp³-hybridized carbons (Fsp3) is 0.412. The van der Waals surface area contributed by atoms with Crippen molar-refractivity contribution in [3.05, 3.63) is 30.2 Å². The van der Waals surface area contributed by atoms with Gasteiger partial charge in [-0.2, -0.15) is 4.98 Å². The van der Waals surface area contributed by atoms with Crippen molar-refractivity contribution in [3.63, 3.8) is 0 Å². The highest BCUT2D eigenvalue weighted by atomic mass is 16.5. The van der Waals surface area contributed by atoms with Gasteiger partial charge < -0.3 is 30.5 Å². The second-order valence-electron chi connectivity index (χ2n) is 6.15. The molecule has 10 nitrogen and oxygen atoms in total. The number of amides is 3. The monoisotopic (exact) mass is 374 g/mol. The Kier molecular flexibility index (Phi) is 5.74. The number of primary amides is 1. The molecule has 1 fully saturated rings. The van der Waals surface area contributed by atoms with Crippen LogP contribution in [0.15, 0.2) is 28.8 Å². The number of para-hydroxylation sites is 2. The van der Waals surface area contributed by atoms with E-state index in [1.165, 1.54) is 7.11 Å². The van der Waals surface area contributed by atoms with Crippen LogP contribution in [0.3, 0.4) is 0 Å². The van der Waals surface area contributed by atoms with Gasteiger partial charge in [0.05, 0.1) is 19.2 Å². The number of hydrogen-bond acceptors (Lipinski definition) is 7. The predicted molar refractivity (Wildman–Crippen MR) is 97.4 cm³/mol. The fourth-order valence-corrected chi connectivity index (χ4v) is 2.88. The van der Waals surface area contributed by atoms with Crippen LogP contribution in [0.25, 0.3) is 0 Å². The molecule has 1 atom stereocenters. The zero-order valence-electron chi connectivity index (χ0n) is 15.0. The molecule has 10 heteroatoms. The van der Waals surface area contributed by atoms with Gasteiger partial charge in [0.25, 0.3) is 11.8 Å². The Bertz CT molecular complexity index is 802. The molecule has 0 unspecified atom stereocenters. The average molecular weight is 374 g/mol. The van der Waals surface area contributed by atoms with Crippen LogP contribution < -0.4 is 26.0 Å². The van der Waals surface area contributed by atoms with Gasteiger partial charge in [-0.1, -0.05) is 12.1 Å². The van der Waals surface area contributed by atoms with E-state index in [1.807, 2.05) is 4.90 Å². The topological polar surface area (TPSA) is 136 Å². The first-order chi connectivity index (χ1) is 13.1. The Hall–Kier alpha value is -3.30. The van der Waals surface area contributed by atoms with Crippen molar-refractivity contribution in [2.45, 2.75) is 25.3 Å². The highest BCUT2D eigenvalue weighted by molar-refractivity contribution is 5.91. The number of anilines is 2. The summed E-state index contributed by atoms with van der Waals surface area (Å²) in [5.74, 6) is 0.488. The summed E-state index contributed by atoms with van der Waals surface area (Å²) in [6.07, 6.45) is 1.96. The Labute approximate surface area is 156 Å². The van der Waals surface area contributed by atoms with E-state index in [4.69, 9.17) is 15.0 Å². The summed E-state index contributed by atoms with van der Waals surface area (Å²) in [6, 6.07) is 5.58. The van der Waals surface area contributed by atoms with Crippen molar-refractivity contribution in [2.75, 3.05) is 30.4 Å². The number of rotatable bonds is 7. The van der Waals surface area contributed by atoms with Crippen LogP contribution in [0.1, 0.15) is 31.2 Å². The van der Waals surface area contributed by atoms with E-state index in [2.05, 4.69) is 20.8 Å². The highest BCUT2D eigenvalue weighted by Gasteiger charge is 2.26. The Morgan fingerprint density at radius 2 is 2.07 bits per heavy atom. The third-order valence-corrected chi connectivity index (χ3v) is 4.18. The fourth-order valence-electron chi connectivity index (χ4n) is 2.88. The molecule has 4 N–H and O–H groups in total. The molecule has 1 aromatic heterocycles. The zero-order chi connectivity index (χ0) is 19.2. The smallest absolute Gasteiger partial charge is 0.320 e. The summed E-state index contributed by atoms with van der Waals surface area (Å²) in [7, 11) is 1.51. The summed E-state index contributed by atoms with van der Waals surface area (Å²) in [5.41, 5.74) is 5.79. The lowest BCUT2D eigenvalue weighted by Gasteiger charge is -2.15. The minimum Gasteiger partial charge on any atom is -0.495 e. The lowest BCUT2D eigenvalue weighted by Crippen LogP contribution is -2.35. The third kappa shape index (κ3) is 4.66. The molecule has 3 amide bonds. The summed E-state index contributed by atoms with van der Waals surface area (Å²) in [6.45, 7) is 1.70. The van der Waals surface area contributed by atoms with Crippen LogP contribution in [-0.4, -0.2) is 42.3 Å². The first-order valence-electron chi connectivity index (χ1n) is 8.64. The van der Waals surface area contributed by atoms with Crippen LogP contribution >= 0.6 is 0 Å². The predicted octanol–water partition coefficient (Wildman–Crippen LogP) is 1.42. The number of nitrogens with one attached hydrogen (secondary N) is 2. The molecule has 27 heavy (non-hydrogen) atoms. The zero-order valence-corrected chi connectivity index (χ0v) is 15.0. The minimum absolute atomic E-state index is 0.130.